The van der Waals surface area contributed by atoms with Gasteiger partial charge in [-0.3, -0.25) is 0 Å². The second-order valence-electron chi connectivity index (χ2n) is 4.94. The van der Waals surface area contributed by atoms with Crippen molar-refractivity contribution < 1.29 is 15.3 Å². The van der Waals surface area contributed by atoms with E-state index in [-0.39, 0.29) is 23.2 Å². The fourth-order valence-electron chi connectivity index (χ4n) is 2.32. The van der Waals surface area contributed by atoms with Crippen LogP contribution in [-0.2, 0) is 6.42 Å². The molecule has 3 heteroatoms. The SMILES string of the molecule is C[C@@H](Cc1ccc(O)cc1)C1C=C(O)C=C(O)C1. The van der Waals surface area contributed by atoms with E-state index in [2.05, 4.69) is 6.92 Å². The van der Waals surface area contributed by atoms with Crippen LogP contribution >= 0.6 is 0 Å². The maximum absolute atomic E-state index is 9.53. The molecule has 0 aliphatic heterocycles. The molecule has 1 aliphatic carbocycles. The Morgan fingerprint density at radius 2 is 1.83 bits per heavy atom. The lowest BCUT2D eigenvalue weighted by Crippen LogP contribution is -2.16. The average molecular weight is 246 g/mol. The smallest absolute Gasteiger partial charge is 0.115 e. The van der Waals surface area contributed by atoms with Crippen molar-refractivity contribution in [3.63, 3.8) is 0 Å². The molecule has 1 aromatic carbocycles. The standard InChI is InChI=1S/C15H18O3/c1-10(6-11-2-4-13(16)5-3-11)12-7-14(17)9-15(18)8-12/h2-5,7,9-10,12,16-18H,6,8H2,1H3/t10-,12?/m0/s1. The summed E-state index contributed by atoms with van der Waals surface area (Å²) in [5.74, 6) is 1.09. The molecular formula is C15H18O3. The van der Waals surface area contributed by atoms with E-state index in [0.717, 1.165) is 12.0 Å². The molecule has 0 aromatic heterocycles. The summed E-state index contributed by atoms with van der Waals surface area (Å²) in [5.41, 5.74) is 1.14. The Balaban J connectivity index is 2.02. The molecule has 1 aliphatic rings. The summed E-state index contributed by atoms with van der Waals surface area (Å²) in [6.07, 6.45) is 4.61. The van der Waals surface area contributed by atoms with Crippen molar-refractivity contribution in [2.24, 2.45) is 11.8 Å². The van der Waals surface area contributed by atoms with Gasteiger partial charge in [0.1, 0.15) is 11.5 Å². The normalized spacial score (nSPS) is 21.1. The van der Waals surface area contributed by atoms with Gasteiger partial charge in [0, 0.05) is 12.5 Å². The zero-order valence-electron chi connectivity index (χ0n) is 10.4. The van der Waals surface area contributed by atoms with Crippen LogP contribution in [0.3, 0.4) is 0 Å². The van der Waals surface area contributed by atoms with Gasteiger partial charge in [-0.05, 0) is 42.0 Å². The summed E-state index contributed by atoms with van der Waals surface area (Å²) in [5, 5.41) is 28.2. The van der Waals surface area contributed by atoms with Crippen molar-refractivity contribution >= 4 is 0 Å². The lowest BCUT2D eigenvalue weighted by molar-refractivity contribution is 0.303. The van der Waals surface area contributed by atoms with Crippen LogP contribution in [0, 0.1) is 11.8 Å². The van der Waals surface area contributed by atoms with Crippen LogP contribution in [0.4, 0.5) is 0 Å². The number of aromatic hydroxyl groups is 1. The van der Waals surface area contributed by atoms with Crippen LogP contribution in [-0.4, -0.2) is 15.3 Å². The highest BCUT2D eigenvalue weighted by Crippen LogP contribution is 2.29. The third-order valence-electron chi connectivity index (χ3n) is 3.37. The van der Waals surface area contributed by atoms with Crippen molar-refractivity contribution in [2.75, 3.05) is 0 Å². The number of benzene rings is 1. The van der Waals surface area contributed by atoms with Crippen molar-refractivity contribution in [1.29, 1.82) is 0 Å². The molecule has 0 heterocycles. The molecule has 0 saturated carbocycles. The predicted octanol–water partition coefficient (Wildman–Crippen LogP) is 3.47. The monoisotopic (exact) mass is 246 g/mol. The third kappa shape index (κ3) is 3.06. The molecule has 2 rings (SSSR count). The van der Waals surface area contributed by atoms with Crippen LogP contribution in [0.25, 0.3) is 0 Å². The number of hydrogen-bond donors (Lipinski definition) is 3. The molecule has 0 amide bonds. The summed E-state index contributed by atoms with van der Waals surface area (Å²) < 4.78 is 0. The van der Waals surface area contributed by atoms with Gasteiger partial charge in [0.2, 0.25) is 0 Å². The van der Waals surface area contributed by atoms with Gasteiger partial charge in [-0.25, -0.2) is 0 Å². The van der Waals surface area contributed by atoms with E-state index < -0.39 is 0 Å². The van der Waals surface area contributed by atoms with Gasteiger partial charge in [-0.2, -0.15) is 0 Å². The maximum atomic E-state index is 9.53. The van der Waals surface area contributed by atoms with E-state index in [1.54, 1.807) is 18.2 Å². The molecular weight excluding hydrogens is 228 g/mol. The topological polar surface area (TPSA) is 60.7 Å². The number of phenols is 1. The molecule has 0 radical (unpaired) electrons. The predicted molar refractivity (Wildman–Crippen MR) is 70.5 cm³/mol. The number of aliphatic hydroxyl groups excluding tert-OH is 2. The molecule has 3 N–H and O–H groups in total. The Morgan fingerprint density at radius 3 is 2.44 bits per heavy atom. The molecule has 3 nitrogen and oxygen atoms in total. The van der Waals surface area contributed by atoms with Crippen LogP contribution in [0.1, 0.15) is 18.9 Å². The Morgan fingerprint density at radius 1 is 1.17 bits per heavy atom. The lowest BCUT2D eigenvalue weighted by atomic mass is 9.83. The van der Waals surface area contributed by atoms with Crippen LogP contribution in [0.15, 0.2) is 47.9 Å². The maximum Gasteiger partial charge on any atom is 0.115 e. The van der Waals surface area contributed by atoms with Crippen LogP contribution in [0.2, 0.25) is 0 Å². The highest BCUT2D eigenvalue weighted by molar-refractivity contribution is 5.27. The first-order valence-corrected chi connectivity index (χ1v) is 6.13. The van der Waals surface area contributed by atoms with Crippen LogP contribution < -0.4 is 0 Å². The molecule has 1 unspecified atom stereocenters. The summed E-state index contributed by atoms with van der Waals surface area (Å²) in [6, 6.07) is 7.14. The first-order chi connectivity index (χ1) is 8.54. The minimum atomic E-state index is 0.140. The second-order valence-corrected chi connectivity index (χ2v) is 4.94. The van der Waals surface area contributed by atoms with Gasteiger partial charge >= 0.3 is 0 Å². The van der Waals surface area contributed by atoms with Gasteiger partial charge in [-0.15, -0.1) is 0 Å². The number of hydrogen-bond acceptors (Lipinski definition) is 3. The van der Waals surface area contributed by atoms with E-state index in [1.165, 1.54) is 6.08 Å². The molecule has 0 spiro atoms. The highest BCUT2D eigenvalue weighted by atomic mass is 16.3. The Labute approximate surface area is 107 Å². The second kappa shape index (κ2) is 5.17. The van der Waals surface area contributed by atoms with Gasteiger partial charge in [-0.1, -0.05) is 19.1 Å². The summed E-state index contributed by atoms with van der Waals surface area (Å²) >= 11 is 0. The van der Waals surface area contributed by atoms with Gasteiger partial charge in [0.25, 0.3) is 0 Å². The third-order valence-corrected chi connectivity index (χ3v) is 3.37. The van der Waals surface area contributed by atoms with Gasteiger partial charge in [0.15, 0.2) is 0 Å². The average Bonchev–Trinajstić information content (AvgIpc) is 2.31. The molecule has 1 aromatic rings. The summed E-state index contributed by atoms with van der Waals surface area (Å²) in [7, 11) is 0. The van der Waals surface area contributed by atoms with E-state index in [9.17, 15) is 15.3 Å². The van der Waals surface area contributed by atoms with Gasteiger partial charge in [0.05, 0.1) is 5.76 Å². The summed E-state index contributed by atoms with van der Waals surface area (Å²) in [4.78, 5) is 0. The number of allylic oxidation sites excluding steroid dienone is 3. The lowest BCUT2D eigenvalue weighted by Gasteiger charge is -2.23. The molecule has 0 bridgehead atoms. The molecule has 96 valence electrons. The van der Waals surface area contributed by atoms with E-state index >= 15 is 0 Å². The number of aliphatic hydroxyl groups is 2. The zero-order valence-corrected chi connectivity index (χ0v) is 10.4. The van der Waals surface area contributed by atoms with Crippen molar-refractivity contribution in [1.82, 2.24) is 0 Å². The van der Waals surface area contributed by atoms with Gasteiger partial charge < -0.3 is 15.3 Å². The first-order valence-electron chi connectivity index (χ1n) is 6.13. The first kappa shape index (κ1) is 12.6. The molecule has 0 fully saturated rings. The van der Waals surface area contributed by atoms with Crippen molar-refractivity contribution in [3.05, 3.63) is 53.5 Å². The minimum absolute atomic E-state index is 0.140. The largest absolute Gasteiger partial charge is 0.512 e. The minimum Gasteiger partial charge on any atom is -0.512 e. The quantitative estimate of drug-likeness (QED) is 0.765. The van der Waals surface area contributed by atoms with E-state index in [1.807, 2.05) is 12.1 Å². The Bertz CT molecular complexity index is 471. The van der Waals surface area contributed by atoms with Crippen LogP contribution in [0.5, 0.6) is 5.75 Å². The molecule has 2 atom stereocenters. The van der Waals surface area contributed by atoms with E-state index in [4.69, 9.17) is 0 Å². The molecule has 18 heavy (non-hydrogen) atoms. The Kier molecular flexibility index (Phi) is 3.60. The van der Waals surface area contributed by atoms with Crippen molar-refractivity contribution in [2.45, 2.75) is 19.8 Å². The van der Waals surface area contributed by atoms with E-state index in [0.29, 0.717) is 12.3 Å². The fraction of sp³-hybridized carbons (Fsp3) is 0.333. The number of rotatable bonds is 3. The van der Waals surface area contributed by atoms with Crippen molar-refractivity contribution in [3.8, 4) is 5.75 Å². The summed E-state index contributed by atoms with van der Waals surface area (Å²) in [6.45, 7) is 2.10. The zero-order chi connectivity index (χ0) is 13.1. The Hall–Kier alpha value is -1.90. The highest BCUT2D eigenvalue weighted by Gasteiger charge is 2.21. The fourth-order valence-corrected chi connectivity index (χ4v) is 2.32. The number of phenolic OH excluding ortho intramolecular Hbond substituents is 1. The molecule has 0 saturated heterocycles.